The van der Waals surface area contributed by atoms with Crippen LogP contribution >= 0.6 is 0 Å². The van der Waals surface area contributed by atoms with Crippen molar-refractivity contribution in [2.75, 3.05) is 17.3 Å². The highest BCUT2D eigenvalue weighted by molar-refractivity contribution is 5.56. The maximum absolute atomic E-state index is 5.47. The quantitative estimate of drug-likeness (QED) is 0.522. The van der Waals surface area contributed by atoms with Gasteiger partial charge >= 0.3 is 0 Å². The number of nitrogens with zero attached hydrogens (tertiary/aromatic N) is 2. The second-order valence-electron chi connectivity index (χ2n) is 4.63. The number of nitrogens with two attached hydrogens (primary N) is 1. The minimum absolute atomic E-state index is 0.577. The number of aromatic nitrogens is 2. The molecule has 5 heteroatoms. The van der Waals surface area contributed by atoms with E-state index in [1.54, 1.807) is 0 Å². The van der Waals surface area contributed by atoms with Gasteiger partial charge in [-0.05, 0) is 19.3 Å². The average molecular weight is 237 g/mol. The molecule has 0 saturated carbocycles. The van der Waals surface area contributed by atoms with Crippen molar-refractivity contribution < 1.29 is 0 Å². The summed E-state index contributed by atoms with van der Waals surface area (Å²) in [6, 6.07) is 0. The van der Waals surface area contributed by atoms with Gasteiger partial charge in [-0.2, -0.15) is 0 Å². The van der Waals surface area contributed by atoms with Crippen LogP contribution in [0.2, 0.25) is 0 Å². The molecule has 17 heavy (non-hydrogen) atoms. The molecule has 0 unspecified atom stereocenters. The second-order valence-corrected chi connectivity index (χ2v) is 4.63. The van der Waals surface area contributed by atoms with Crippen molar-refractivity contribution in [2.24, 2.45) is 11.8 Å². The van der Waals surface area contributed by atoms with E-state index < -0.39 is 0 Å². The van der Waals surface area contributed by atoms with Crippen LogP contribution in [0.5, 0.6) is 0 Å². The first kappa shape index (κ1) is 13.7. The zero-order chi connectivity index (χ0) is 12.8. The highest BCUT2D eigenvalue weighted by Crippen LogP contribution is 2.19. The van der Waals surface area contributed by atoms with Crippen LogP contribution in [-0.2, 0) is 6.42 Å². The topological polar surface area (TPSA) is 75.9 Å². The predicted molar refractivity (Wildman–Crippen MR) is 71.9 cm³/mol. The first-order chi connectivity index (χ1) is 8.08. The number of nitrogens with one attached hydrogen (secondary N) is 2. The van der Waals surface area contributed by atoms with Crippen molar-refractivity contribution in [3.05, 3.63) is 11.4 Å². The maximum atomic E-state index is 5.47. The van der Waals surface area contributed by atoms with Gasteiger partial charge in [-0.15, -0.1) is 0 Å². The Balaban J connectivity index is 2.96. The van der Waals surface area contributed by atoms with Gasteiger partial charge in [0.2, 0.25) is 0 Å². The van der Waals surface area contributed by atoms with E-state index >= 15 is 0 Å². The van der Waals surface area contributed by atoms with E-state index in [2.05, 4.69) is 41.5 Å². The van der Waals surface area contributed by atoms with E-state index in [4.69, 9.17) is 5.84 Å². The minimum Gasteiger partial charge on any atom is -0.369 e. The Bertz CT molecular complexity index is 362. The number of hydrogen-bond donors (Lipinski definition) is 3. The van der Waals surface area contributed by atoms with Gasteiger partial charge < -0.3 is 10.7 Å². The number of anilines is 2. The lowest BCUT2D eigenvalue weighted by Crippen LogP contribution is -2.16. The fourth-order valence-corrected chi connectivity index (χ4v) is 1.51. The Morgan fingerprint density at radius 2 is 1.88 bits per heavy atom. The van der Waals surface area contributed by atoms with Gasteiger partial charge in [-0.1, -0.05) is 20.8 Å². The Morgan fingerprint density at radius 1 is 1.24 bits per heavy atom. The van der Waals surface area contributed by atoms with Crippen LogP contribution < -0.4 is 16.6 Å². The Morgan fingerprint density at radius 3 is 2.41 bits per heavy atom. The monoisotopic (exact) mass is 237 g/mol. The third kappa shape index (κ3) is 3.85. The molecule has 0 aliphatic rings. The third-order valence-electron chi connectivity index (χ3n) is 2.48. The Kier molecular flexibility index (Phi) is 5.15. The lowest BCUT2D eigenvalue weighted by Gasteiger charge is -2.14. The number of aryl methyl sites for hydroxylation is 1. The van der Waals surface area contributed by atoms with Gasteiger partial charge in [0.15, 0.2) is 0 Å². The van der Waals surface area contributed by atoms with E-state index in [9.17, 15) is 0 Å². The molecule has 1 rings (SSSR count). The molecule has 5 nitrogen and oxygen atoms in total. The average Bonchev–Trinajstić information content (AvgIpc) is 2.29. The largest absolute Gasteiger partial charge is 0.369 e. The maximum Gasteiger partial charge on any atom is 0.148 e. The van der Waals surface area contributed by atoms with Gasteiger partial charge in [-0.3, -0.25) is 0 Å². The van der Waals surface area contributed by atoms with Crippen molar-refractivity contribution in [3.8, 4) is 0 Å². The summed E-state index contributed by atoms with van der Waals surface area (Å²) in [6.07, 6.45) is 1.89. The van der Waals surface area contributed by atoms with Gasteiger partial charge in [0.25, 0.3) is 0 Å². The van der Waals surface area contributed by atoms with Crippen molar-refractivity contribution in [3.63, 3.8) is 0 Å². The molecule has 0 spiro atoms. The Hall–Kier alpha value is -1.36. The third-order valence-corrected chi connectivity index (χ3v) is 2.48. The highest BCUT2D eigenvalue weighted by Gasteiger charge is 2.09. The summed E-state index contributed by atoms with van der Waals surface area (Å²) in [7, 11) is 0. The number of hydrazine groups is 1. The molecule has 0 amide bonds. The standard InChI is InChI=1S/C12H23N5/c1-5-6-10-15-11(14-7-8(2)3)9(4)12(16-10)17-13/h8H,5-7,13H2,1-4H3,(H2,14,15,16,17). The summed E-state index contributed by atoms with van der Waals surface area (Å²) in [4.78, 5) is 8.91. The lowest BCUT2D eigenvalue weighted by atomic mass is 10.2. The summed E-state index contributed by atoms with van der Waals surface area (Å²) in [6.45, 7) is 9.30. The first-order valence-electron chi connectivity index (χ1n) is 6.16. The summed E-state index contributed by atoms with van der Waals surface area (Å²) in [5, 5.41) is 3.34. The second kappa shape index (κ2) is 6.39. The normalized spacial score (nSPS) is 10.7. The lowest BCUT2D eigenvalue weighted by molar-refractivity contribution is 0.685. The number of hydrogen-bond acceptors (Lipinski definition) is 5. The van der Waals surface area contributed by atoms with Crippen molar-refractivity contribution in [1.29, 1.82) is 0 Å². The number of rotatable bonds is 6. The van der Waals surface area contributed by atoms with Crippen LogP contribution in [0.3, 0.4) is 0 Å². The van der Waals surface area contributed by atoms with Gasteiger partial charge in [0.05, 0.1) is 0 Å². The fourth-order valence-electron chi connectivity index (χ4n) is 1.51. The van der Waals surface area contributed by atoms with E-state index in [1.807, 2.05) is 6.92 Å². The Labute approximate surface area is 103 Å². The molecule has 0 aliphatic carbocycles. The van der Waals surface area contributed by atoms with Crippen LogP contribution in [0.15, 0.2) is 0 Å². The molecule has 0 saturated heterocycles. The first-order valence-corrected chi connectivity index (χ1v) is 6.16. The van der Waals surface area contributed by atoms with Crippen LogP contribution in [-0.4, -0.2) is 16.5 Å². The molecular weight excluding hydrogens is 214 g/mol. The molecule has 0 aromatic carbocycles. The molecule has 0 atom stereocenters. The van der Waals surface area contributed by atoms with Crippen LogP contribution in [0.25, 0.3) is 0 Å². The zero-order valence-electron chi connectivity index (χ0n) is 11.2. The highest BCUT2D eigenvalue weighted by atomic mass is 15.3. The molecule has 1 heterocycles. The van der Waals surface area contributed by atoms with Crippen molar-refractivity contribution in [1.82, 2.24) is 9.97 Å². The molecule has 96 valence electrons. The van der Waals surface area contributed by atoms with E-state index in [-0.39, 0.29) is 0 Å². The van der Waals surface area contributed by atoms with Crippen molar-refractivity contribution >= 4 is 11.6 Å². The fraction of sp³-hybridized carbons (Fsp3) is 0.667. The van der Waals surface area contributed by atoms with Gasteiger partial charge in [-0.25, -0.2) is 15.8 Å². The summed E-state index contributed by atoms with van der Waals surface area (Å²) in [5.74, 6) is 8.46. The molecular formula is C12H23N5. The smallest absolute Gasteiger partial charge is 0.148 e. The van der Waals surface area contributed by atoms with Crippen LogP contribution in [0.4, 0.5) is 11.6 Å². The minimum atomic E-state index is 0.577. The van der Waals surface area contributed by atoms with E-state index in [0.29, 0.717) is 11.7 Å². The molecule has 0 fully saturated rings. The van der Waals surface area contributed by atoms with E-state index in [0.717, 1.165) is 36.6 Å². The summed E-state index contributed by atoms with van der Waals surface area (Å²) in [5.41, 5.74) is 3.60. The van der Waals surface area contributed by atoms with Crippen LogP contribution in [0, 0.1) is 12.8 Å². The molecule has 1 aromatic heterocycles. The molecule has 0 bridgehead atoms. The van der Waals surface area contributed by atoms with E-state index in [1.165, 1.54) is 0 Å². The van der Waals surface area contributed by atoms with Crippen LogP contribution in [0.1, 0.15) is 38.6 Å². The molecule has 4 N–H and O–H groups in total. The van der Waals surface area contributed by atoms with Gasteiger partial charge in [0.1, 0.15) is 17.5 Å². The summed E-state index contributed by atoms with van der Waals surface area (Å²) >= 11 is 0. The molecule has 0 radical (unpaired) electrons. The molecule has 1 aromatic rings. The van der Waals surface area contributed by atoms with Crippen molar-refractivity contribution in [2.45, 2.75) is 40.5 Å². The van der Waals surface area contributed by atoms with Gasteiger partial charge in [0, 0.05) is 18.5 Å². The number of nitrogen functional groups attached to an aromatic ring is 1. The predicted octanol–water partition coefficient (Wildman–Crippen LogP) is 2.09. The zero-order valence-corrected chi connectivity index (χ0v) is 11.2. The SMILES string of the molecule is CCCc1nc(NN)c(C)c(NCC(C)C)n1. The molecule has 0 aliphatic heterocycles. The summed E-state index contributed by atoms with van der Waals surface area (Å²) < 4.78 is 0.